The summed E-state index contributed by atoms with van der Waals surface area (Å²) in [5.41, 5.74) is 2.39. The molecular formula is C26H27F3N4O. The number of carbonyl (C=O) groups is 1. The van der Waals surface area contributed by atoms with Crippen LogP contribution >= 0.6 is 0 Å². The molecular weight excluding hydrogens is 441 g/mol. The van der Waals surface area contributed by atoms with Gasteiger partial charge in [0.05, 0.1) is 6.04 Å². The maximum Gasteiger partial charge on any atom is 0.435 e. The van der Waals surface area contributed by atoms with Gasteiger partial charge in [0, 0.05) is 37.4 Å². The summed E-state index contributed by atoms with van der Waals surface area (Å²) in [6, 6.07) is 20.7. The van der Waals surface area contributed by atoms with Crippen LogP contribution in [0.2, 0.25) is 0 Å². The third-order valence-electron chi connectivity index (χ3n) is 6.82. The summed E-state index contributed by atoms with van der Waals surface area (Å²) in [5.74, 6) is -0.179. The SMILES string of the molecule is O=C(Cn1nc(C(F)(F)F)c2c1CCC2)N1CCN(C(c2ccccc2)c2ccccc2)CC1. The monoisotopic (exact) mass is 468 g/mol. The number of hydrogen-bond donors (Lipinski definition) is 0. The van der Waals surface area contributed by atoms with Gasteiger partial charge in [-0.1, -0.05) is 60.7 Å². The molecule has 2 aromatic carbocycles. The first-order valence-electron chi connectivity index (χ1n) is 11.7. The number of carbonyl (C=O) groups excluding carboxylic acids is 1. The molecule has 34 heavy (non-hydrogen) atoms. The number of aromatic nitrogens is 2. The standard InChI is InChI=1S/C26H27F3N4O/c27-26(28,29)25-21-12-7-13-22(21)33(30-25)18-23(34)31-14-16-32(17-15-31)24(19-8-3-1-4-9-19)20-10-5-2-6-11-20/h1-6,8-11,24H,7,12-18H2. The van der Waals surface area contributed by atoms with Crippen LogP contribution in [-0.2, 0) is 30.4 Å². The van der Waals surface area contributed by atoms with Gasteiger partial charge in [0.2, 0.25) is 5.91 Å². The van der Waals surface area contributed by atoms with Crippen LogP contribution < -0.4 is 0 Å². The lowest BCUT2D eigenvalue weighted by Gasteiger charge is -2.39. The Morgan fingerprint density at radius 3 is 2.03 bits per heavy atom. The first-order chi connectivity index (χ1) is 16.4. The third-order valence-corrected chi connectivity index (χ3v) is 6.82. The average Bonchev–Trinajstić information content (AvgIpc) is 3.45. The highest BCUT2D eigenvalue weighted by molar-refractivity contribution is 5.76. The Kier molecular flexibility index (Phi) is 6.16. The van der Waals surface area contributed by atoms with Crippen LogP contribution in [0.4, 0.5) is 13.2 Å². The van der Waals surface area contributed by atoms with E-state index in [1.54, 1.807) is 4.90 Å². The molecule has 1 aromatic heterocycles. The van der Waals surface area contributed by atoms with E-state index in [1.807, 2.05) is 36.4 Å². The molecule has 0 radical (unpaired) electrons. The second kappa shape index (κ2) is 9.25. The smallest absolute Gasteiger partial charge is 0.339 e. The van der Waals surface area contributed by atoms with Crippen LogP contribution in [0.3, 0.4) is 0 Å². The minimum Gasteiger partial charge on any atom is -0.339 e. The van der Waals surface area contributed by atoms with E-state index < -0.39 is 11.9 Å². The van der Waals surface area contributed by atoms with Gasteiger partial charge in [-0.2, -0.15) is 18.3 Å². The van der Waals surface area contributed by atoms with Gasteiger partial charge in [0.15, 0.2) is 5.69 Å². The largest absolute Gasteiger partial charge is 0.435 e. The van der Waals surface area contributed by atoms with Gasteiger partial charge in [0.1, 0.15) is 6.54 Å². The Morgan fingerprint density at radius 2 is 1.47 bits per heavy atom. The summed E-state index contributed by atoms with van der Waals surface area (Å²) < 4.78 is 41.4. The molecule has 0 bridgehead atoms. The summed E-state index contributed by atoms with van der Waals surface area (Å²) in [5, 5.41) is 3.79. The van der Waals surface area contributed by atoms with Gasteiger partial charge in [-0.05, 0) is 30.4 Å². The Bertz CT molecular complexity index is 1100. The number of benzene rings is 2. The molecule has 8 heteroatoms. The molecule has 1 fully saturated rings. The molecule has 5 nitrogen and oxygen atoms in total. The van der Waals surface area contributed by atoms with Crippen molar-refractivity contribution < 1.29 is 18.0 Å². The van der Waals surface area contributed by atoms with E-state index in [0.717, 1.165) is 0 Å². The quantitative estimate of drug-likeness (QED) is 0.560. The fourth-order valence-electron chi connectivity index (χ4n) is 5.21. The lowest BCUT2D eigenvalue weighted by atomic mass is 9.96. The lowest BCUT2D eigenvalue weighted by molar-refractivity contribution is -0.142. The number of alkyl halides is 3. The zero-order chi connectivity index (χ0) is 23.7. The summed E-state index contributed by atoms with van der Waals surface area (Å²) in [6.45, 7) is 2.30. The van der Waals surface area contributed by atoms with Gasteiger partial charge >= 0.3 is 6.18 Å². The molecule has 1 aliphatic heterocycles. The van der Waals surface area contributed by atoms with Crippen molar-refractivity contribution in [3.8, 4) is 0 Å². The number of rotatable bonds is 5. The molecule has 2 heterocycles. The van der Waals surface area contributed by atoms with Crippen molar-refractivity contribution in [1.29, 1.82) is 0 Å². The zero-order valence-corrected chi connectivity index (χ0v) is 18.8. The molecule has 3 aromatic rings. The maximum atomic E-state index is 13.4. The van der Waals surface area contributed by atoms with E-state index in [2.05, 4.69) is 34.3 Å². The number of nitrogens with zero attached hydrogens (tertiary/aromatic N) is 4. The molecule has 0 unspecified atom stereocenters. The van der Waals surface area contributed by atoms with Crippen LogP contribution in [0.15, 0.2) is 60.7 Å². The zero-order valence-electron chi connectivity index (χ0n) is 18.8. The van der Waals surface area contributed by atoms with Gasteiger partial charge in [0.25, 0.3) is 0 Å². The third kappa shape index (κ3) is 4.46. The molecule has 1 saturated heterocycles. The van der Waals surface area contributed by atoms with E-state index in [9.17, 15) is 18.0 Å². The number of amides is 1. The molecule has 0 atom stereocenters. The minimum absolute atomic E-state index is 0.0865. The van der Waals surface area contributed by atoms with Gasteiger partial charge in [-0.15, -0.1) is 0 Å². The highest BCUT2D eigenvalue weighted by Gasteiger charge is 2.40. The Balaban J connectivity index is 1.28. The average molecular weight is 469 g/mol. The molecule has 2 aliphatic rings. The fraction of sp³-hybridized carbons (Fsp3) is 0.385. The van der Waals surface area contributed by atoms with Gasteiger partial charge in [-0.25, -0.2) is 0 Å². The Morgan fingerprint density at radius 1 is 0.882 bits per heavy atom. The highest BCUT2D eigenvalue weighted by atomic mass is 19.4. The Labute approximate surface area is 196 Å². The Hall–Kier alpha value is -3.13. The molecule has 0 N–H and O–H groups in total. The van der Waals surface area contributed by atoms with Crippen molar-refractivity contribution in [2.75, 3.05) is 26.2 Å². The topological polar surface area (TPSA) is 41.4 Å². The van der Waals surface area contributed by atoms with E-state index in [-0.39, 0.29) is 24.1 Å². The summed E-state index contributed by atoms with van der Waals surface area (Å²) in [4.78, 5) is 17.1. The molecule has 0 spiro atoms. The molecule has 178 valence electrons. The molecule has 1 amide bonds. The van der Waals surface area contributed by atoms with Gasteiger partial charge < -0.3 is 4.90 Å². The van der Waals surface area contributed by atoms with E-state index in [4.69, 9.17) is 0 Å². The van der Waals surface area contributed by atoms with Crippen molar-refractivity contribution in [1.82, 2.24) is 19.6 Å². The van der Waals surface area contributed by atoms with Crippen molar-refractivity contribution in [2.24, 2.45) is 0 Å². The van der Waals surface area contributed by atoms with Gasteiger partial charge in [-0.3, -0.25) is 14.4 Å². The number of fused-ring (bicyclic) bond motifs is 1. The predicted molar refractivity (Wildman–Crippen MR) is 122 cm³/mol. The fourth-order valence-corrected chi connectivity index (χ4v) is 5.21. The summed E-state index contributed by atoms with van der Waals surface area (Å²) >= 11 is 0. The van der Waals surface area contributed by atoms with Crippen LogP contribution in [0.5, 0.6) is 0 Å². The number of piperazine rings is 1. The number of hydrogen-bond acceptors (Lipinski definition) is 3. The van der Waals surface area contributed by atoms with E-state index >= 15 is 0 Å². The second-order valence-corrected chi connectivity index (χ2v) is 8.92. The van der Waals surface area contributed by atoms with Crippen LogP contribution in [-0.4, -0.2) is 51.7 Å². The van der Waals surface area contributed by atoms with E-state index in [0.29, 0.717) is 51.1 Å². The lowest BCUT2D eigenvalue weighted by Crippen LogP contribution is -2.50. The molecule has 1 aliphatic carbocycles. The molecule has 5 rings (SSSR count). The van der Waals surface area contributed by atoms with Crippen LogP contribution in [0, 0.1) is 0 Å². The minimum atomic E-state index is -4.49. The first-order valence-corrected chi connectivity index (χ1v) is 11.7. The predicted octanol–water partition coefficient (Wildman–Crippen LogP) is 4.32. The van der Waals surface area contributed by atoms with Crippen molar-refractivity contribution >= 4 is 5.91 Å². The van der Waals surface area contributed by atoms with Crippen LogP contribution in [0.25, 0.3) is 0 Å². The summed E-state index contributed by atoms with van der Waals surface area (Å²) in [6.07, 6.45) is -2.91. The summed E-state index contributed by atoms with van der Waals surface area (Å²) in [7, 11) is 0. The van der Waals surface area contributed by atoms with Crippen molar-refractivity contribution in [3.63, 3.8) is 0 Å². The highest BCUT2D eigenvalue weighted by Crippen LogP contribution is 2.36. The molecule has 0 saturated carbocycles. The normalized spacial score (nSPS) is 16.8. The van der Waals surface area contributed by atoms with Crippen molar-refractivity contribution in [3.05, 3.63) is 88.7 Å². The van der Waals surface area contributed by atoms with Crippen LogP contribution in [0.1, 0.15) is 40.5 Å². The second-order valence-electron chi connectivity index (χ2n) is 8.92. The van der Waals surface area contributed by atoms with E-state index in [1.165, 1.54) is 15.8 Å². The first kappa shape index (κ1) is 22.7. The van der Waals surface area contributed by atoms with Crippen molar-refractivity contribution in [2.45, 2.75) is 38.0 Å². The number of halogens is 3. The maximum absolute atomic E-state index is 13.4.